The molecule has 1 N–H and O–H groups in total. The molecule has 0 unspecified atom stereocenters. The van der Waals surface area contributed by atoms with E-state index in [2.05, 4.69) is 22.4 Å². The van der Waals surface area contributed by atoms with Crippen molar-refractivity contribution in [1.82, 2.24) is 15.5 Å². The Morgan fingerprint density at radius 2 is 2.21 bits per heavy atom. The van der Waals surface area contributed by atoms with Gasteiger partial charge in [0.2, 0.25) is 0 Å². The van der Waals surface area contributed by atoms with E-state index in [9.17, 15) is 0 Å². The van der Waals surface area contributed by atoms with Crippen molar-refractivity contribution in [2.24, 2.45) is 0 Å². The van der Waals surface area contributed by atoms with Gasteiger partial charge in [0.05, 0.1) is 7.11 Å². The van der Waals surface area contributed by atoms with Crippen LogP contribution >= 0.6 is 11.3 Å². The summed E-state index contributed by atoms with van der Waals surface area (Å²) in [4.78, 5) is 0. The van der Waals surface area contributed by atoms with Gasteiger partial charge >= 0.3 is 0 Å². The molecular weight excluding hydrogens is 258 g/mol. The second-order valence-corrected chi connectivity index (χ2v) is 5.25. The van der Waals surface area contributed by atoms with Crippen LogP contribution < -0.4 is 10.1 Å². The lowest BCUT2D eigenvalue weighted by Gasteiger charge is -2.00. The van der Waals surface area contributed by atoms with Gasteiger partial charge in [0.1, 0.15) is 15.8 Å². The van der Waals surface area contributed by atoms with E-state index in [4.69, 9.17) is 4.74 Å². The van der Waals surface area contributed by atoms with Gasteiger partial charge in [-0.15, -0.1) is 10.2 Å². The minimum atomic E-state index is 0.849. The van der Waals surface area contributed by atoms with Crippen molar-refractivity contribution in [1.29, 1.82) is 0 Å². The fraction of sp³-hybridized carbons (Fsp3) is 0.429. The van der Waals surface area contributed by atoms with Gasteiger partial charge in [-0.05, 0) is 31.6 Å². The number of nitrogens with zero attached hydrogens (tertiary/aromatic N) is 2. The van der Waals surface area contributed by atoms with Gasteiger partial charge in [0.15, 0.2) is 0 Å². The van der Waals surface area contributed by atoms with E-state index in [-0.39, 0.29) is 0 Å². The molecule has 0 saturated heterocycles. The van der Waals surface area contributed by atoms with Crippen molar-refractivity contribution < 1.29 is 4.74 Å². The summed E-state index contributed by atoms with van der Waals surface area (Å²) < 4.78 is 5.22. The van der Waals surface area contributed by atoms with Crippen molar-refractivity contribution in [2.75, 3.05) is 20.2 Å². The summed E-state index contributed by atoms with van der Waals surface area (Å²) in [5.74, 6) is 0.849. The Morgan fingerprint density at radius 1 is 1.32 bits per heavy atom. The third-order valence-electron chi connectivity index (χ3n) is 2.78. The number of hydrogen-bond acceptors (Lipinski definition) is 5. The minimum absolute atomic E-state index is 0.849. The van der Waals surface area contributed by atoms with E-state index in [1.165, 1.54) is 0 Å². The van der Waals surface area contributed by atoms with Crippen LogP contribution in [0.1, 0.15) is 18.4 Å². The van der Waals surface area contributed by atoms with Crippen molar-refractivity contribution in [2.45, 2.75) is 19.8 Å². The third kappa shape index (κ3) is 4.01. The van der Waals surface area contributed by atoms with Crippen molar-refractivity contribution in [3.63, 3.8) is 0 Å². The standard InChI is InChI=1S/C14H19N3OS/c1-3-15-9-5-8-13-16-17-14(19-13)11-6-4-7-12(10-11)18-2/h4,6-7,10,15H,3,5,8-9H2,1-2H3. The lowest BCUT2D eigenvalue weighted by Crippen LogP contribution is -2.14. The molecule has 0 fully saturated rings. The van der Waals surface area contributed by atoms with Crippen molar-refractivity contribution in [3.05, 3.63) is 29.3 Å². The molecule has 1 aromatic heterocycles. The molecule has 1 heterocycles. The maximum atomic E-state index is 5.22. The van der Waals surface area contributed by atoms with Crippen LogP contribution in [0, 0.1) is 0 Å². The Labute approximate surface area is 117 Å². The first-order valence-corrected chi connectivity index (χ1v) is 7.32. The van der Waals surface area contributed by atoms with Crippen LogP contribution in [0.15, 0.2) is 24.3 Å². The Bertz CT molecular complexity index is 513. The zero-order chi connectivity index (χ0) is 13.5. The molecule has 0 atom stereocenters. The fourth-order valence-electron chi connectivity index (χ4n) is 1.77. The van der Waals surface area contributed by atoms with Gasteiger partial charge in [-0.2, -0.15) is 0 Å². The molecule has 0 spiro atoms. The van der Waals surface area contributed by atoms with Crippen molar-refractivity contribution >= 4 is 11.3 Å². The molecule has 5 heteroatoms. The van der Waals surface area contributed by atoms with Gasteiger partial charge in [0, 0.05) is 12.0 Å². The number of hydrogen-bond donors (Lipinski definition) is 1. The molecule has 2 aromatic rings. The average Bonchev–Trinajstić information content (AvgIpc) is 2.92. The number of methoxy groups -OCH3 is 1. The number of nitrogens with one attached hydrogen (secondary N) is 1. The molecule has 4 nitrogen and oxygen atoms in total. The molecule has 0 saturated carbocycles. The number of benzene rings is 1. The SMILES string of the molecule is CCNCCCc1nnc(-c2cccc(OC)c2)s1. The summed E-state index contributed by atoms with van der Waals surface area (Å²) in [5, 5.41) is 13.9. The molecule has 0 aliphatic rings. The Kier molecular flexibility index (Phi) is 5.30. The van der Waals surface area contributed by atoms with Gasteiger partial charge in [-0.3, -0.25) is 0 Å². The molecule has 1 aromatic carbocycles. The van der Waals surface area contributed by atoms with E-state index in [0.29, 0.717) is 0 Å². The van der Waals surface area contributed by atoms with Gasteiger partial charge in [-0.25, -0.2) is 0 Å². The Hall–Kier alpha value is -1.46. The maximum Gasteiger partial charge on any atom is 0.147 e. The predicted molar refractivity (Wildman–Crippen MR) is 78.8 cm³/mol. The number of rotatable bonds is 7. The molecule has 0 aliphatic carbocycles. The lowest BCUT2D eigenvalue weighted by molar-refractivity contribution is 0.415. The Balaban J connectivity index is 1.99. The van der Waals surface area contributed by atoms with Crippen LogP contribution in [0.5, 0.6) is 5.75 Å². The van der Waals surface area contributed by atoms with Crippen LogP contribution in [-0.2, 0) is 6.42 Å². The topological polar surface area (TPSA) is 47.0 Å². The maximum absolute atomic E-state index is 5.22. The highest BCUT2D eigenvalue weighted by atomic mass is 32.1. The normalized spacial score (nSPS) is 10.6. The number of aryl methyl sites for hydroxylation is 1. The third-order valence-corrected chi connectivity index (χ3v) is 3.81. The first kappa shape index (κ1) is 14.0. The highest BCUT2D eigenvalue weighted by Crippen LogP contribution is 2.26. The van der Waals surface area contributed by atoms with Crippen LogP contribution in [0.2, 0.25) is 0 Å². The summed E-state index contributed by atoms with van der Waals surface area (Å²) in [5.41, 5.74) is 1.06. The highest BCUT2D eigenvalue weighted by Gasteiger charge is 2.07. The zero-order valence-corrected chi connectivity index (χ0v) is 12.2. The van der Waals surface area contributed by atoms with Crippen LogP contribution in [-0.4, -0.2) is 30.4 Å². The smallest absolute Gasteiger partial charge is 0.147 e. The highest BCUT2D eigenvalue weighted by molar-refractivity contribution is 7.14. The summed E-state index contributed by atoms with van der Waals surface area (Å²) in [6, 6.07) is 7.93. The quantitative estimate of drug-likeness (QED) is 0.791. The molecule has 19 heavy (non-hydrogen) atoms. The van der Waals surface area contributed by atoms with E-state index in [0.717, 1.165) is 47.3 Å². The van der Waals surface area contributed by atoms with Crippen LogP contribution in [0.4, 0.5) is 0 Å². The van der Waals surface area contributed by atoms with Crippen LogP contribution in [0.25, 0.3) is 10.6 Å². The summed E-state index contributed by atoms with van der Waals surface area (Å²) >= 11 is 1.66. The zero-order valence-electron chi connectivity index (χ0n) is 11.3. The first-order valence-electron chi connectivity index (χ1n) is 6.51. The number of ether oxygens (including phenoxy) is 1. The molecule has 2 rings (SSSR count). The largest absolute Gasteiger partial charge is 0.497 e. The molecular formula is C14H19N3OS. The minimum Gasteiger partial charge on any atom is -0.497 e. The van der Waals surface area contributed by atoms with Gasteiger partial charge in [-0.1, -0.05) is 30.4 Å². The van der Waals surface area contributed by atoms with Gasteiger partial charge in [0.25, 0.3) is 0 Å². The van der Waals surface area contributed by atoms with E-state index in [1.54, 1.807) is 18.4 Å². The summed E-state index contributed by atoms with van der Waals surface area (Å²) in [6.45, 7) is 4.17. The van der Waals surface area contributed by atoms with Gasteiger partial charge < -0.3 is 10.1 Å². The summed E-state index contributed by atoms with van der Waals surface area (Å²) in [6.07, 6.45) is 2.08. The first-order chi connectivity index (χ1) is 9.33. The van der Waals surface area contributed by atoms with E-state index in [1.807, 2.05) is 24.3 Å². The monoisotopic (exact) mass is 277 g/mol. The second kappa shape index (κ2) is 7.21. The van der Waals surface area contributed by atoms with Crippen LogP contribution in [0.3, 0.4) is 0 Å². The van der Waals surface area contributed by atoms with Crippen molar-refractivity contribution in [3.8, 4) is 16.3 Å². The number of aromatic nitrogens is 2. The Morgan fingerprint density at radius 3 is 3.00 bits per heavy atom. The molecule has 0 amide bonds. The average molecular weight is 277 g/mol. The second-order valence-electron chi connectivity index (χ2n) is 4.19. The predicted octanol–water partition coefficient (Wildman–Crippen LogP) is 2.76. The molecule has 102 valence electrons. The molecule has 0 bridgehead atoms. The summed E-state index contributed by atoms with van der Waals surface area (Å²) in [7, 11) is 1.67. The molecule has 0 aliphatic heterocycles. The lowest BCUT2D eigenvalue weighted by atomic mass is 10.2. The fourth-order valence-corrected chi connectivity index (χ4v) is 2.65. The van der Waals surface area contributed by atoms with E-state index >= 15 is 0 Å². The van der Waals surface area contributed by atoms with E-state index < -0.39 is 0 Å². The molecule has 0 radical (unpaired) electrons.